The van der Waals surface area contributed by atoms with Gasteiger partial charge in [0.05, 0.1) is 0 Å². The number of halogens is 1. The molecule has 2 aromatic carbocycles. The lowest BCUT2D eigenvalue weighted by Crippen LogP contribution is -1.97. The lowest BCUT2D eigenvalue weighted by Gasteiger charge is -2.17. The van der Waals surface area contributed by atoms with Crippen LogP contribution in [-0.2, 0) is 0 Å². The Hall–Kier alpha value is -1.48. The van der Waals surface area contributed by atoms with Crippen LogP contribution in [-0.4, -0.2) is 5.11 Å². The van der Waals surface area contributed by atoms with E-state index in [0.717, 1.165) is 38.2 Å². The van der Waals surface area contributed by atoms with Gasteiger partial charge in [0.15, 0.2) is 0 Å². The molecule has 19 heavy (non-hydrogen) atoms. The number of ether oxygens (including phenoxy) is 1. The summed E-state index contributed by atoms with van der Waals surface area (Å²) in [5.41, 5.74) is 3.69. The molecule has 0 unspecified atom stereocenters. The number of rotatable bonds is 2. The van der Waals surface area contributed by atoms with Crippen molar-refractivity contribution < 1.29 is 9.84 Å². The van der Waals surface area contributed by atoms with E-state index in [9.17, 15) is 5.11 Å². The normalized spacial score (nSPS) is 10.6. The van der Waals surface area contributed by atoms with Crippen LogP contribution in [0.4, 0.5) is 0 Å². The summed E-state index contributed by atoms with van der Waals surface area (Å²) in [5, 5.41) is 10.0. The van der Waals surface area contributed by atoms with E-state index in [1.54, 1.807) is 0 Å². The summed E-state index contributed by atoms with van der Waals surface area (Å²) in [6, 6.07) is 7.72. The van der Waals surface area contributed by atoms with E-state index >= 15 is 0 Å². The van der Waals surface area contributed by atoms with Crippen LogP contribution >= 0.6 is 15.9 Å². The van der Waals surface area contributed by atoms with E-state index in [1.807, 2.05) is 52.0 Å². The first kappa shape index (κ1) is 13.9. The summed E-state index contributed by atoms with van der Waals surface area (Å²) in [6.45, 7) is 7.75. The zero-order chi connectivity index (χ0) is 14.2. The summed E-state index contributed by atoms with van der Waals surface area (Å²) < 4.78 is 7.00. The van der Waals surface area contributed by atoms with Crippen molar-refractivity contribution >= 4 is 15.9 Å². The average Bonchev–Trinajstić information content (AvgIpc) is 2.41. The molecule has 0 aromatic heterocycles. The number of phenolic OH excluding ortho intramolecular Hbond substituents is 1. The molecule has 0 saturated carbocycles. The fourth-order valence-corrected chi connectivity index (χ4v) is 2.30. The molecule has 0 spiro atoms. The zero-order valence-corrected chi connectivity index (χ0v) is 13.1. The van der Waals surface area contributed by atoms with Crippen molar-refractivity contribution in [2.75, 3.05) is 0 Å². The Morgan fingerprint density at radius 3 is 1.79 bits per heavy atom. The van der Waals surface area contributed by atoms with Crippen molar-refractivity contribution in [3.05, 3.63) is 51.0 Å². The van der Waals surface area contributed by atoms with Gasteiger partial charge in [-0.05, 0) is 74.2 Å². The van der Waals surface area contributed by atoms with Crippen LogP contribution in [0.15, 0.2) is 28.7 Å². The van der Waals surface area contributed by atoms with Crippen molar-refractivity contribution in [2.24, 2.45) is 0 Å². The van der Waals surface area contributed by atoms with Crippen LogP contribution in [0, 0.1) is 27.7 Å². The Morgan fingerprint density at radius 1 is 0.842 bits per heavy atom. The van der Waals surface area contributed by atoms with E-state index in [1.165, 1.54) is 0 Å². The van der Waals surface area contributed by atoms with Crippen molar-refractivity contribution in [2.45, 2.75) is 27.7 Å². The third-order valence-corrected chi connectivity index (χ3v) is 4.08. The number of aromatic hydroxyl groups is 1. The molecule has 0 saturated heterocycles. The molecule has 0 aliphatic carbocycles. The molecule has 0 radical (unpaired) electrons. The van der Waals surface area contributed by atoms with Gasteiger partial charge in [-0.15, -0.1) is 0 Å². The summed E-state index contributed by atoms with van der Waals surface area (Å²) >= 11 is 3.40. The van der Waals surface area contributed by atoms with Gasteiger partial charge in [-0.2, -0.15) is 0 Å². The van der Waals surface area contributed by atoms with Crippen molar-refractivity contribution in [3.8, 4) is 17.2 Å². The molecule has 0 aliphatic heterocycles. The first-order valence-electron chi connectivity index (χ1n) is 6.14. The van der Waals surface area contributed by atoms with Crippen LogP contribution in [0.3, 0.4) is 0 Å². The van der Waals surface area contributed by atoms with Crippen molar-refractivity contribution in [1.82, 2.24) is 0 Å². The second-order valence-corrected chi connectivity index (χ2v) is 5.65. The highest BCUT2D eigenvalue weighted by atomic mass is 79.9. The molecule has 0 bridgehead atoms. The topological polar surface area (TPSA) is 29.5 Å². The molecule has 0 amide bonds. The molecule has 0 fully saturated rings. The van der Waals surface area contributed by atoms with Crippen LogP contribution < -0.4 is 4.74 Å². The fourth-order valence-electron chi connectivity index (χ4n) is 2.03. The van der Waals surface area contributed by atoms with Crippen molar-refractivity contribution in [1.29, 1.82) is 0 Å². The lowest BCUT2D eigenvalue weighted by molar-refractivity contribution is 0.451. The molecule has 0 atom stereocenters. The monoisotopic (exact) mass is 320 g/mol. The number of benzene rings is 2. The summed E-state index contributed by atoms with van der Waals surface area (Å²) in [5.74, 6) is 1.98. The third-order valence-electron chi connectivity index (χ3n) is 3.55. The highest BCUT2D eigenvalue weighted by molar-refractivity contribution is 9.10. The number of hydrogen-bond acceptors (Lipinski definition) is 2. The Kier molecular flexibility index (Phi) is 3.85. The predicted octanol–water partition coefficient (Wildman–Crippen LogP) is 5.18. The third kappa shape index (κ3) is 2.61. The average molecular weight is 321 g/mol. The smallest absolute Gasteiger partial charge is 0.134 e. The van der Waals surface area contributed by atoms with Crippen LogP contribution in [0.1, 0.15) is 22.3 Å². The largest absolute Gasteiger partial charge is 0.507 e. The second kappa shape index (κ2) is 5.25. The molecular formula is C16H17BrO2. The minimum atomic E-state index is 0.359. The van der Waals surface area contributed by atoms with Crippen LogP contribution in [0.5, 0.6) is 17.2 Å². The Morgan fingerprint density at radius 2 is 1.32 bits per heavy atom. The highest BCUT2D eigenvalue weighted by Crippen LogP contribution is 2.38. The van der Waals surface area contributed by atoms with E-state index in [0.29, 0.717) is 5.75 Å². The molecule has 2 rings (SSSR count). The van der Waals surface area contributed by atoms with Gasteiger partial charge in [-0.1, -0.05) is 15.9 Å². The van der Waals surface area contributed by atoms with E-state index < -0.39 is 0 Å². The molecule has 100 valence electrons. The van der Waals surface area contributed by atoms with E-state index in [4.69, 9.17) is 4.74 Å². The maximum Gasteiger partial charge on any atom is 0.134 e. The second-order valence-electron chi connectivity index (χ2n) is 4.73. The maximum absolute atomic E-state index is 10.0. The molecule has 2 aromatic rings. The van der Waals surface area contributed by atoms with Gasteiger partial charge < -0.3 is 9.84 Å². The minimum Gasteiger partial charge on any atom is -0.507 e. The highest BCUT2D eigenvalue weighted by Gasteiger charge is 2.15. The van der Waals surface area contributed by atoms with E-state index in [-0.39, 0.29) is 0 Å². The molecule has 0 heterocycles. The number of hydrogen-bond donors (Lipinski definition) is 1. The number of phenols is 1. The molecular weight excluding hydrogens is 304 g/mol. The Labute approximate surface area is 122 Å². The first-order valence-corrected chi connectivity index (χ1v) is 6.94. The Bertz CT molecular complexity index is 587. The lowest BCUT2D eigenvalue weighted by atomic mass is 9.98. The zero-order valence-electron chi connectivity index (χ0n) is 11.5. The standard InChI is InChI=1S/C16H17BrO2/c1-9-11(3)16(12(4)10(2)15(9)18)19-14-7-5-13(17)6-8-14/h5-8,18H,1-4H3. The summed E-state index contributed by atoms with van der Waals surface area (Å²) in [6.07, 6.45) is 0. The van der Waals surface area contributed by atoms with Gasteiger partial charge in [0.2, 0.25) is 0 Å². The van der Waals surface area contributed by atoms with Gasteiger partial charge in [0.25, 0.3) is 0 Å². The van der Waals surface area contributed by atoms with E-state index in [2.05, 4.69) is 15.9 Å². The SMILES string of the molecule is Cc1c(C)c(Oc2ccc(Br)cc2)c(C)c(C)c1O. The fraction of sp³-hybridized carbons (Fsp3) is 0.250. The van der Waals surface area contributed by atoms with Gasteiger partial charge >= 0.3 is 0 Å². The van der Waals surface area contributed by atoms with Gasteiger partial charge in [-0.25, -0.2) is 0 Å². The molecule has 3 heteroatoms. The molecule has 1 N–H and O–H groups in total. The first-order chi connectivity index (χ1) is 8.91. The quantitative estimate of drug-likeness (QED) is 0.826. The summed E-state index contributed by atoms with van der Waals surface area (Å²) in [4.78, 5) is 0. The van der Waals surface area contributed by atoms with Gasteiger partial charge in [0.1, 0.15) is 17.2 Å². The van der Waals surface area contributed by atoms with Crippen LogP contribution in [0.2, 0.25) is 0 Å². The molecule has 0 aliphatic rings. The predicted molar refractivity (Wildman–Crippen MR) is 81.3 cm³/mol. The van der Waals surface area contributed by atoms with Crippen molar-refractivity contribution in [3.63, 3.8) is 0 Å². The van der Waals surface area contributed by atoms with Crippen LogP contribution in [0.25, 0.3) is 0 Å². The van der Waals surface area contributed by atoms with Gasteiger partial charge in [-0.3, -0.25) is 0 Å². The summed E-state index contributed by atoms with van der Waals surface area (Å²) in [7, 11) is 0. The Balaban J connectivity index is 2.48. The molecule has 2 nitrogen and oxygen atoms in total. The van der Waals surface area contributed by atoms with Gasteiger partial charge in [0, 0.05) is 4.47 Å². The maximum atomic E-state index is 10.0. The minimum absolute atomic E-state index is 0.359.